The fourth-order valence-corrected chi connectivity index (χ4v) is 1.56. The first-order valence-electron chi connectivity index (χ1n) is 6.26. The molecule has 1 amide bonds. The van der Waals surface area contributed by atoms with Gasteiger partial charge >= 0.3 is 0 Å². The largest absolute Gasteiger partial charge is 0.469 e. The average molecular weight is 248 g/mol. The van der Waals surface area contributed by atoms with E-state index in [4.69, 9.17) is 9.68 Å². The van der Waals surface area contributed by atoms with Crippen LogP contribution in [0.3, 0.4) is 0 Å². The van der Waals surface area contributed by atoms with Crippen LogP contribution >= 0.6 is 0 Å². The van der Waals surface area contributed by atoms with Crippen LogP contribution in [0.1, 0.15) is 39.4 Å². The van der Waals surface area contributed by atoms with E-state index >= 15 is 0 Å². The van der Waals surface area contributed by atoms with Crippen LogP contribution in [0.25, 0.3) is 0 Å². The molecule has 1 N–H and O–H groups in total. The van der Waals surface area contributed by atoms with Crippen LogP contribution in [-0.4, -0.2) is 11.9 Å². The van der Waals surface area contributed by atoms with Gasteiger partial charge in [-0.15, -0.1) is 0 Å². The highest BCUT2D eigenvalue weighted by Crippen LogP contribution is 2.20. The molecule has 0 radical (unpaired) electrons. The molecule has 0 spiro atoms. The standard InChI is InChI=1S/C14H20N2O2/c1-4-14(3,10-15)13(17)16-11(2)7-8-12-6-5-9-18-12/h5-6,9,11H,4,7-8H2,1-3H3,(H,16,17). The first-order chi connectivity index (χ1) is 8.51. The summed E-state index contributed by atoms with van der Waals surface area (Å²) in [6, 6.07) is 5.87. The van der Waals surface area contributed by atoms with Gasteiger partial charge in [0.2, 0.25) is 5.91 Å². The zero-order chi connectivity index (χ0) is 13.6. The smallest absolute Gasteiger partial charge is 0.240 e. The Balaban J connectivity index is 2.43. The summed E-state index contributed by atoms with van der Waals surface area (Å²) < 4.78 is 5.23. The van der Waals surface area contributed by atoms with Crippen LogP contribution in [0.15, 0.2) is 22.8 Å². The number of carbonyl (C=O) groups is 1. The Kier molecular flexibility index (Phi) is 4.96. The summed E-state index contributed by atoms with van der Waals surface area (Å²) >= 11 is 0. The van der Waals surface area contributed by atoms with Crippen LogP contribution in [-0.2, 0) is 11.2 Å². The highest BCUT2D eigenvalue weighted by molar-refractivity contribution is 5.85. The Morgan fingerprint density at radius 3 is 2.89 bits per heavy atom. The van der Waals surface area contributed by atoms with E-state index in [0.717, 1.165) is 18.6 Å². The molecule has 0 aliphatic heterocycles. The third-order valence-corrected chi connectivity index (χ3v) is 3.24. The van der Waals surface area contributed by atoms with Crippen molar-refractivity contribution in [1.82, 2.24) is 5.32 Å². The number of aryl methyl sites for hydroxylation is 1. The molecular formula is C14H20N2O2. The van der Waals surface area contributed by atoms with E-state index in [0.29, 0.717) is 6.42 Å². The van der Waals surface area contributed by atoms with E-state index in [2.05, 4.69) is 11.4 Å². The third-order valence-electron chi connectivity index (χ3n) is 3.24. The number of nitrogens with one attached hydrogen (secondary N) is 1. The van der Waals surface area contributed by atoms with E-state index in [1.807, 2.05) is 26.0 Å². The number of amides is 1. The number of hydrogen-bond donors (Lipinski definition) is 1. The molecule has 1 rings (SSSR count). The Morgan fingerprint density at radius 1 is 1.67 bits per heavy atom. The highest BCUT2D eigenvalue weighted by atomic mass is 16.3. The molecule has 1 aromatic heterocycles. The lowest BCUT2D eigenvalue weighted by molar-refractivity contribution is -0.128. The molecule has 2 unspecified atom stereocenters. The molecule has 4 heteroatoms. The molecular weight excluding hydrogens is 228 g/mol. The number of carbonyl (C=O) groups excluding carboxylic acids is 1. The molecule has 0 aliphatic carbocycles. The van der Waals surface area contributed by atoms with Gasteiger partial charge in [-0.25, -0.2) is 0 Å². The fraction of sp³-hybridized carbons (Fsp3) is 0.571. The predicted molar refractivity (Wildman–Crippen MR) is 68.6 cm³/mol. The molecule has 0 aliphatic rings. The maximum absolute atomic E-state index is 11.9. The zero-order valence-electron chi connectivity index (χ0n) is 11.2. The van der Waals surface area contributed by atoms with Crippen molar-refractivity contribution in [2.75, 3.05) is 0 Å². The molecule has 2 atom stereocenters. The minimum atomic E-state index is -0.932. The lowest BCUT2D eigenvalue weighted by Gasteiger charge is -2.22. The molecule has 0 fully saturated rings. The van der Waals surface area contributed by atoms with Gasteiger partial charge in [-0.1, -0.05) is 6.92 Å². The lowest BCUT2D eigenvalue weighted by Crippen LogP contribution is -2.42. The number of hydrogen-bond acceptors (Lipinski definition) is 3. The van der Waals surface area contributed by atoms with E-state index in [9.17, 15) is 4.79 Å². The first kappa shape index (κ1) is 14.3. The van der Waals surface area contributed by atoms with Gasteiger partial charge in [0.1, 0.15) is 11.2 Å². The van der Waals surface area contributed by atoms with Gasteiger partial charge in [0.25, 0.3) is 0 Å². The Labute approximate surface area is 108 Å². The van der Waals surface area contributed by atoms with E-state index in [1.54, 1.807) is 13.2 Å². The topological polar surface area (TPSA) is 66.0 Å². The normalized spacial score (nSPS) is 15.4. The first-order valence-corrected chi connectivity index (χ1v) is 6.26. The third kappa shape index (κ3) is 3.63. The second-order valence-electron chi connectivity index (χ2n) is 4.79. The van der Waals surface area contributed by atoms with Crippen LogP contribution in [0, 0.1) is 16.7 Å². The number of nitriles is 1. The maximum atomic E-state index is 11.9. The van der Waals surface area contributed by atoms with Gasteiger partial charge in [-0.05, 0) is 38.8 Å². The molecule has 98 valence electrons. The predicted octanol–water partition coefficient (Wildman–Crippen LogP) is 2.66. The van der Waals surface area contributed by atoms with Gasteiger partial charge in [-0.2, -0.15) is 5.26 Å². The summed E-state index contributed by atoms with van der Waals surface area (Å²) in [6.45, 7) is 5.45. The van der Waals surface area contributed by atoms with Gasteiger partial charge < -0.3 is 9.73 Å². The van der Waals surface area contributed by atoms with Crippen molar-refractivity contribution in [2.45, 2.75) is 46.1 Å². The fourth-order valence-electron chi connectivity index (χ4n) is 1.56. The lowest BCUT2D eigenvalue weighted by atomic mass is 9.88. The van der Waals surface area contributed by atoms with E-state index < -0.39 is 5.41 Å². The summed E-state index contributed by atoms with van der Waals surface area (Å²) in [5.74, 6) is 0.717. The minimum Gasteiger partial charge on any atom is -0.469 e. The van der Waals surface area contributed by atoms with Crippen molar-refractivity contribution in [2.24, 2.45) is 5.41 Å². The average Bonchev–Trinajstić information content (AvgIpc) is 2.88. The van der Waals surface area contributed by atoms with Crippen LogP contribution in [0.2, 0.25) is 0 Å². The van der Waals surface area contributed by atoms with Crippen LogP contribution in [0.4, 0.5) is 0 Å². The van der Waals surface area contributed by atoms with Gasteiger partial charge in [-0.3, -0.25) is 4.79 Å². The summed E-state index contributed by atoms with van der Waals surface area (Å²) in [5.41, 5.74) is -0.932. The van der Waals surface area contributed by atoms with Crippen molar-refractivity contribution in [3.05, 3.63) is 24.2 Å². The quantitative estimate of drug-likeness (QED) is 0.841. The Hall–Kier alpha value is -1.76. The molecule has 1 aromatic rings. The number of rotatable bonds is 6. The number of nitrogens with zero attached hydrogens (tertiary/aromatic N) is 1. The van der Waals surface area contributed by atoms with E-state index in [1.165, 1.54) is 0 Å². The van der Waals surface area contributed by atoms with Crippen LogP contribution in [0.5, 0.6) is 0 Å². The minimum absolute atomic E-state index is 0.0295. The molecule has 4 nitrogen and oxygen atoms in total. The Morgan fingerprint density at radius 2 is 2.39 bits per heavy atom. The molecule has 1 heterocycles. The molecule has 0 saturated heterocycles. The summed E-state index contributed by atoms with van der Waals surface area (Å²) in [7, 11) is 0. The highest BCUT2D eigenvalue weighted by Gasteiger charge is 2.31. The van der Waals surface area contributed by atoms with Gasteiger partial charge in [0.15, 0.2) is 0 Å². The monoisotopic (exact) mass is 248 g/mol. The van der Waals surface area contributed by atoms with Crippen molar-refractivity contribution in [1.29, 1.82) is 5.26 Å². The molecule has 0 bridgehead atoms. The molecule has 0 aromatic carbocycles. The SMILES string of the molecule is CCC(C)(C#N)C(=O)NC(C)CCc1ccco1. The Bertz CT molecular complexity index is 420. The maximum Gasteiger partial charge on any atom is 0.240 e. The molecule has 0 saturated carbocycles. The summed E-state index contributed by atoms with van der Waals surface area (Å²) in [4.78, 5) is 11.9. The van der Waals surface area contributed by atoms with Crippen molar-refractivity contribution in [3.8, 4) is 6.07 Å². The second-order valence-corrected chi connectivity index (χ2v) is 4.79. The van der Waals surface area contributed by atoms with Crippen molar-refractivity contribution >= 4 is 5.91 Å². The summed E-state index contributed by atoms with van der Waals surface area (Å²) in [5, 5.41) is 11.9. The van der Waals surface area contributed by atoms with Gasteiger partial charge in [0, 0.05) is 12.5 Å². The number of furan rings is 1. The summed E-state index contributed by atoms with van der Waals surface area (Å²) in [6.07, 6.45) is 3.73. The van der Waals surface area contributed by atoms with Crippen LogP contribution < -0.4 is 5.32 Å². The van der Waals surface area contributed by atoms with Crippen molar-refractivity contribution < 1.29 is 9.21 Å². The van der Waals surface area contributed by atoms with Crippen molar-refractivity contribution in [3.63, 3.8) is 0 Å². The second kappa shape index (κ2) is 6.25. The zero-order valence-corrected chi connectivity index (χ0v) is 11.2. The van der Waals surface area contributed by atoms with E-state index in [-0.39, 0.29) is 11.9 Å². The molecule has 18 heavy (non-hydrogen) atoms. The van der Waals surface area contributed by atoms with Gasteiger partial charge in [0.05, 0.1) is 12.3 Å².